The SMILES string of the molecule is CCN(CC)CCN1C(Cn2c(SCc3ccc(F)cc3)nc(=O)c3c2CCC3)=NOC1c1ccc(-c2ccc(C(F)(F)F)cc2)cc1. The molecule has 0 spiro atoms. The van der Waals surface area contributed by atoms with Crippen molar-refractivity contribution in [3.05, 3.63) is 117 Å². The molecule has 0 saturated heterocycles. The van der Waals surface area contributed by atoms with Crippen LogP contribution in [0.2, 0.25) is 0 Å². The van der Waals surface area contributed by atoms with Crippen molar-refractivity contribution in [3.8, 4) is 11.1 Å². The molecule has 0 bridgehead atoms. The molecule has 0 radical (unpaired) electrons. The fraction of sp³-hybridized carbons (Fsp3) is 0.361. The molecule has 1 aliphatic heterocycles. The highest BCUT2D eigenvalue weighted by molar-refractivity contribution is 7.98. The third-order valence-electron chi connectivity index (χ3n) is 8.95. The summed E-state index contributed by atoms with van der Waals surface area (Å²) in [6.45, 7) is 7.81. The van der Waals surface area contributed by atoms with Gasteiger partial charge in [0.25, 0.3) is 5.56 Å². The lowest BCUT2D eigenvalue weighted by atomic mass is 10.0. The third kappa shape index (κ3) is 7.44. The van der Waals surface area contributed by atoms with Gasteiger partial charge in [0.15, 0.2) is 11.0 Å². The average molecular weight is 680 g/mol. The van der Waals surface area contributed by atoms with Crippen molar-refractivity contribution in [2.24, 2.45) is 5.16 Å². The molecule has 1 aliphatic carbocycles. The molecule has 1 atom stereocenters. The van der Waals surface area contributed by atoms with Gasteiger partial charge in [-0.2, -0.15) is 18.2 Å². The fourth-order valence-electron chi connectivity index (χ4n) is 6.17. The van der Waals surface area contributed by atoms with E-state index in [0.29, 0.717) is 41.8 Å². The van der Waals surface area contributed by atoms with Crippen LogP contribution in [0.4, 0.5) is 17.6 Å². The van der Waals surface area contributed by atoms with E-state index in [1.807, 2.05) is 24.3 Å². The molecular formula is C36H37F4N5O2S. The summed E-state index contributed by atoms with van der Waals surface area (Å²) in [6.07, 6.45) is -2.57. The first kappa shape index (κ1) is 33.7. The standard InChI is InChI=1S/C36H37F4N5O2S/c1-3-43(4-2)20-21-44-32(42-47-34(44)27-12-10-25(11-13-27)26-14-16-28(17-15-26)36(38,39)40)22-45-31-7-5-6-30(31)33(46)41-35(45)48-23-24-8-18-29(37)19-9-24/h8-19,34H,3-7,20-23H2,1-2H3. The molecule has 0 N–H and O–H groups in total. The maximum atomic E-state index is 13.5. The lowest BCUT2D eigenvalue weighted by Crippen LogP contribution is -2.40. The molecular weight excluding hydrogens is 642 g/mol. The Morgan fingerprint density at radius 1 is 0.938 bits per heavy atom. The molecule has 4 aromatic rings. The second kappa shape index (κ2) is 14.5. The second-order valence-corrected chi connectivity index (χ2v) is 12.8. The van der Waals surface area contributed by atoms with Gasteiger partial charge in [0.1, 0.15) is 5.82 Å². The maximum absolute atomic E-state index is 13.5. The van der Waals surface area contributed by atoms with E-state index in [1.165, 1.54) is 36.0 Å². The molecule has 252 valence electrons. The van der Waals surface area contributed by atoms with Crippen molar-refractivity contribution in [2.45, 2.75) is 63.0 Å². The molecule has 0 fully saturated rings. The summed E-state index contributed by atoms with van der Waals surface area (Å²) in [6, 6.07) is 19.0. The van der Waals surface area contributed by atoms with E-state index in [-0.39, 0.29) is 11.4 Å². The molecule has 0 saturated carbocycles. The van der Waals surface area contributed by atoms with Crippen LogP contribution in [0.5, 0.6) is 0 Å². The third-order valence-corrected chi connectivity index (χ3v) is 9.99. The molecule has 1 unspecified atom stereocenters. The second-order valence-electron chi connectivity index (χ2n) is 11.9. The Morgan fingerprint density at radius 3 is 2.25 bits per heavy atom. The first-order chi connectivity index (χ1) is 23.1. The number of likely N-dealkylation sites (N-methyl/N-ethyl adjacent to an activating group) is 1. The summed E-state index contributed by atoms with van der Waals surface area (Å²) in [4.78, 5) is 28.0. The number of nitrogens with zero attached hydrogens (tertiary/aromatic N) is 5. The van der Waals surface area contributed by atoms with Gasteiger partial charge in [0, 0.05) is 35.7 Å². The van der Waals surface area contributed by atoms with Crippen molar-refractivity contribution < 1.29 is 22.4 Å². The van der Waals surface area contributed by atoms with Crippen molar-refractivity contribution in [2.75, 3.05) is 26.2 Å². The van der Waals surface area contributed by atoms with Crippen LogP contribution in [-0.2, 0) is 36.2 Å². The van der Waals surface area contributed by atoms with Gasteiger partial charge >= 0.3 is 6.18 Å². The maximum Gasteiger partial charge on any atom is 0.416 e. The monoisotopic (exact) mass is 679 g/mol. The number of fused-ring (bicyclic) bond motifs is 1. The number of thioether (sulfide) groups is 1. The predicted octanol–water partition coefficient (Wildman–Crippen LogP) is 7.54. The smallest absolute Gasteiger partial charge is 0.364 e. The van der Waals surface area contributed by atoms with E-state index in [9.17, 15) is 22.4 Å². The number of benzene rings is 3. The number of rotatable bonds is 12. The van der Waals surface area contributed by atoms with Gasteiger partial charge in [-0.1, -0.05) is 79.3 Å². The highest BCUT2D eigenvalue weighted by Gasteiger charge is 2.34. The van der Waals surface area contributed by atoms with Crippen molar-refractivity contribution in [3.63, 3.8) is 0 Å². The minimum absolute atomic E-state index is 0.200. The topological polar surface area (TPSA) is 63.0 Å². The predicted molar refractivity (Wildman–Crippen MR) is 179 cm³/mol. The minimum atomic E-state index is -4.39. The summed E-state index contributed by atoms with van der Waals surface area (Å²) in [5.74, 6) is 0.930. The minimum Gasteiger partial charge on any atom is -0.364 e. The normalized spacial score (nSPS) is 15.9. The molecule has 48 heavy (non-hydrogen) atoms. The number of oxime groups is 1. The zero-order chi connectivity index (χ0) is 33.8. The number of hydrogen-bond acceptors (Lipinski definition) is 7. The Morgan fingerprint density at radius 2 is 1.60 bits per heavy atom. The van der Waals surface area contributed by atoms with E-state index in [2.05, 4.69) is 38.4 Å². The summed E-state index contributed by atoms with van der Waals surface area (Å²) in [5.41, 5.74) is 4.08. The molecule has 2 heterocycles. The van der Waals surface area contributed by atoms with Gasteiger partial charge in [-0.05, 0) is 73.3 Å². The van der Waals surface area contributed by atoms with Crippen LogP contribution in [0.3, 0.4) is 0 Å². The Hall–Kier alpha value is -4.16. The lowest BCUT2D eigenvalue weighted by molar-refractivity contribution is -0.137. The van der Waals surface area contributed by atoms with Gasteiger partial charge in [-0.3, -0.25) is 4.79 Å². The van der Waals surface area contributed by atoms with Crippen molar-refractivity contribution in [1.29, 1.82) is 0 Å². The number of amidine groups is 1. The van der Waals surface area contributed by atoms with E-state index in [1.54, 1.807) is 12.1 Å². The first-order valence-electron chi connectivity index (χ1n) is 16.1. The highest BCUT2D eigenvalue weighted by atomic mass is 32.2. The summed E-state index contributed by atoms with van der Waals surface area (Å²) in [5, 5.41) is 5.15. The van der Waals surface area contributed by atoms with E-state index >= 15 is 0 Å². The number of aromatic nitrogens is 2. The Balaban J connectivity index is 1.27. The molecule has 0 amide bonds. The van der Waals surface area contributed by atoms with E-state index < -0.39 is 18.0 Å². The Kier molecular flexibility index (Phi) is 10.2. The van der Waals surface area contributed by atoms with Gasteiger partial charge in [-0.25, -0.2) is 4.39 Å². The van der Waals surface area contributed by atoms with E-state index in [0.717, 1.165) is 72.6 Å². The van der Waals surface area contributed by atoms with Gasteiger partial charge < -0.3 is 19.2 Å². The molecule has 12 heteroatoms. The van der Waals surface area contributed by atoms with Gasteiger partial charge in [-0.15, -0.1) is 0 Å². The lowest BCUT2D eigenvalue weighted by Gasteiger charge is -2.29. The quantitative estimate of drug-likeness (QED) is 0.0877. The summed E-state index contributed by atoms with van der Waals surface area (Å²) in [7, 11) is 0. The van der Waals surface area contributed by atoms with Crippen LogP contribution in [-0.4, -0.2) is 51.4 Å². The van der Waals surface area contributed by atoms with Crippen LogP contribution >= 0.6 is 11.8 Å². The molecule has 1 aromatic heterocycles. The van der Waals surface area contributed by atoms with Crippen LogP contribution < -0.4 is 5.56 Å². The number of alkyl halides is 3. The van der Waals surface area contributed by atoms with Crippen LogP contribution in [0.1, 0.15) is 54.4 Å². The van der Waals surface area contributed by atoms with Crippen LogP contribution in [0.15, 0.2) is 87.9 Å². The van der Waals surface area contributed by atoms with Gasteiger partial charge in [0.05, 0.1) is 12.1 Å². The Labute approximate surface area is 281 Å². The van der Waals surface area contributed by atoms with Crippen LogP contribution in [0.25, 0.3) is 11.1 Å². The van der Waals surface area contributed by atoms with E-state index in [4.69, 9.17) is 4.84 Å². The summed E-state index contributed by atoms with van der Waals surface area (Å²) >= 11 is 1.44. The first-order valence-corrected chi connectivity index (χ1v) is 17.1. The molecule has 7 nitrogen and oxygen atoms in total. The van der Waals surface area contributed by atoms with Crippen molar-refractivity contribution in [1.82, 2.24) is 19.4 Å². The molecule has 3 aromatic carbocycles. The Bertz CT molecular complexity index is 1810. The van der Waals surface area contributed by atoms with Gasteiger partial charge in [0.2, 0.25) is 6.23 Å². The zero-order valence-electron chi connectivity index (χ0n) is 26.8. The molecule has 2 aliphatic rings. The zero-order valence-corrected chi connectivity index (χ0v) is 27.7. The van der Waals surface area contributed by atoms with Crippen LogP contribution in [0, 0.1) is 5.82 Å². The van der Waals surface area contributed by atoms with Crippen molar-refractivity contribution >= 4 is 17.6 Å². The number of hydrogen-bond donors (Lipinski definition) is 0. The fourth-order valence-corrected chi connectivity index (χ4v) is 7.14. The summed E-state index contributed by atoms with van der Waals surface area (Å²) < 4.78 is 54.8. The largest absolute Gasteiger partial charge is 0.416 e. The highest BCUT2D eigenvalue weighted by Crippen LogP contribution is 2.34. The average Bonchev–Trinajstić information content (AvgIpc) is 3.74. The molecule has 6 rings (SSSR count). The number of halogens is 4.